The molecule has 0 atom stereocenters. The van der Waals surface area contributed by atoms with E-state index in [4.69, 9.17) is 0 Å². The van der Waals surface area contributed by atoms with Gasteiger partial charge in [0.05, 0.1) is 0 Å². The van der Waals surface area contributed by atoms with Crippen molar-refractivity contribution < 1.29 is 4.79 Å². The fraction of sp³-hybridized carbons (Fsp3) is 0.143. The summed E-state index contributed by atoms with van der Waals surface area (Å²) < 4.78 is 1.62. The van der Waals surface area contributed by atoms with Crippen LogP contribution in [0.1, 0.15) is 23.0 Å². The third-order valence-electron chi connectivity index (χ3n) is 2.92. The molecule has 6 nitrogen and oxygen atoms in total. The summed E-state index contributed by atoms with van der Waals surface area (Å²) in [6.07, 6.45) is 1.46. The van der Waals surface area contributed by atoms with E-state index in [1.54, 1.807) is 23.6 Å². The first-order valence-electron chi connectivity index (χ1n) is 6.19. The van der Waals surface area contributed by atoms with E-state index in [0.29, 0.717) is 11.3 Å². The molecule has 0 amide bonds. The molecule has 1 N–H and O–H groups in total. The molecular weight excluding hydrogens is 254 g/mol. The normalized spacial score (nSPS) is 10.7. The highest BCUT2D eigenvalue weighted by Gasteiger charge is 2.07. The van der Waals surface area contributed by atoms with Crippen LogP contribution in [0.2, 0.25) is 0 Å². The Morgan fingerprint density at radius 3 is 2.95 bits per heavy atom. The zero-order valence-electron chi connectivity index (χ0n) is 11.2. The first kappa shape index (κ1) is 12.3. The second kappa shape index (κ2) is 4.73. The minimum atomic E-state index is 0.0328. The summed E-state index contributed by atoms with van der Waals surface area (Å²) >= 11 is 0. The standard InChI is InChI=1S/C14H13N5O/c1-9-6-13(19-14(17-9)15-8-16-19)18-12-5-3-4-11(7-12)10(2)20/h3-8,18H,1-2H3. The number of Topliss-reactive ketones (excluding diaryl/α,β-unsaturated/α-hetero) is 1. The van der Waals surface area contributed by atoms with Gasteiger partial charge in [0.25, 0.3) is 5.78 Å². The molecule has 2 aromatic heterocycles. The average molecular weight is 267 g/mol. The lowest BCUT2D eigenvalue weighted by molar-refractivity contribution is 0.101. The average Bonchev–Trinajstić information content (AvgIpc) is 2.87. The Balaban J connectivity index is 2.02. The number of hydrogen-bond acceptors (Lipinski definition) is 5. The molecule has 20 heavy (non-hydrogen) atoms. The van der Waals surface area contributed by atoms with Crippen LogP contribution in [0.15, 0.2) is 36.7 Å². The second-order valence-corrected chi connectivity index (χ2v) is 4.52. The molecule has 0 saturated carbocycles. The van der Waals surface area contributed by atoms with Crippen molar-refractivity contribution in [3.05, 3.63) is 47.9 Å². The molecule has 0 unspecified atom stereocenters. The summed E-state index contributed by atoms with van der Waals surface area (Å²) in [5.41, 5.74) is 2.33. The maximum atomic E-state index is 11.4. The Morgan fingerprint density at radius 1 is 1.30 bits per heavy atom. The van der Waals surface area contributed by atoms with E-state index in [9.17, 15) is 4.79 Å². The lowest BCUT2D eigenvalue weighted by Gasteiger charge is -2.09. The maximum Gasteiger partial charge on any atom is 0.254 e. The van der Waals surface area contributed by atoms with Gasteiger partial charge in [-0.3, -0.25) is 4.79 Å². The predicted octanol–water partition coefficient (Wildman–Crippen LogP) is 2.38. The molecule has 0 aliphatic carbocycles. The van der Waals surface area contributed by atoms with Crippen LogP contribution in [0.3, 0.4) is 0 Å². The van der Waals surface area contributed by atoms with Crippen molar-refractivity contribution in [3.8, 4) is 0 Å². The largest absolute Gasteiger partial charge is 0.340 e. The maximum absolute atomic E-state index is 11.4. The molecule has 1 aromatic carbocycles. The Bertz CT molecular complexity index is 793. The van der Waals surface area contributed by atoms with Crippen LogP contribution in [0, 0.1) is 6.92 Å². The van der Waals surface area contributed by atoms with Crippen LogP contribution in [-0.2, 0) is 0 Å². The van der Waals surface area contributed by atoms with E-state index in [1.807, 2.05) is 25.1 Å². The molecule has 3 aromatic rings. The Hall–Kier alpha value is -2.76. The highest BCUT2D eigenvalue weighted by molar-refractivity contribution is 5.95. The zero-order chi connectivity index (χ0) is 14.1. The number of nitrogens with one attached hydrogen (secondary N) is 1. The summed E-state index contributed by atoms with van der Waals surface area (Å²) in [4.78, 5) is 19.8. The highest BCUT2D eigenvalue weighted by atomic mass is 16.1. The summed E-state index contributed by atoms with van der Waals surface area (Å²) in [5, 5.41) is 7.36. The van der Waals surface area contributed by atoms with Gasteiger partial charge < -0.3 is 5.32 Å². The minimum Gasteiger partial charge on any atom is -0.340 e. The third kappa shape index (κ3) is 2.23. The molecule has 0 saturated heterocycles. The second-order valence-electron chi connectivity index (χ2n) is 4.52. The number of rotatable bonds is 3. The van der Waals surface area contributed by atoms with Gasteiger partial charge >= 0.3 is 0 Å². The van der Waals surface area contributed by atoms with Gasteiger partial charge in [0.1, 0.15) is 12.1 Å². The molecule has 6 heteroatoms. The fourth-order valence-corrected chi connectivity index (χ4v) is 1.98. The van der Waals surface area contributed by atoms with Gasteiger partial charge in [0, 0.05) is 23.0 Å². The Kier molecular flexibility index (Phi) is 2.90. The quantitative estimate of drug-likeness (QED) is 0.738. The van der Waals surface area contributed by atoms with Gasteiger partial charge in [-0.25, -0.2) is 4.98 Å². The number of carbonyl (C=O) groups is 1. The number of ketones is 1. The van der Waals surface area contributed by atoms with Gasteiger partial charge in [-0.15, -0.1) is 0 Å². The van der Waals surface area contributed by atoms with E-state index < -0.39 is 0 Å². The van der Waals surface area contributed by atoms with Crippen molar-refractivity contribution >= 4 is 23.1 Å². The molecule has 2 heterocycles. The first-order chi connectivity index (χ1) is 9.63. The van der Waals surface area contributed by atoms with E-state index >= 15 is 0 Å². The number of fused-ring (bicyclic) bond motifs is 1. The van der Waals surface area contributed by atoms with Crippen molar-refractivity contribution in [3.63, 3.8) is 0 Å². The molecule has 3 rings (SSSR count). The lowest BCUT2D eigenvalue weighted by Crippen LogP contribution is -2.03. The topological polar surface area (TPSA) is 72.2 Å². The van der Waals surface area contributed by atoms with Crippen LogP contribution in [0.5, 0.6) is 0 Å². The van der Waals surface area contributed by atoms with Crippen molar-refractivity contribution in [1.29, 1.82) is 0 Å². The Morgan fingerprint density at radius 2 is 2.15 bits per heavy atom. The van der Waals surface area contributed by atoms with E-state index in [2.05, 4.69) is 20.4 Å². The molecule has 0 aliphatic rings. The number of nitrogens with zero attached hydrogens (tertiary/aromatic N) is 4. The highest BCUT2D eigenvalue weighted by Crippen LogP contribution is 2.18. The number of aryl methyl sites for hydroxylation is 1. The minimum absolute atomic E-state index is 0.0328. The monoisotopic (exact) mass is 267 g/mol. The van der Waals surface area contributed by atoms with Crippen LogP contribution in [0.25, 0.3) is 5.78 Å². The molecule has 0 radical (unpaired) electrons. The third-order valence-corrected chi connectivity index (χ3v) is 2.92. The molecule has 0 bridgehead atoms. The fourth-order valence-electron chi connectivity index (χ4n) is 1.98. The molecule has 0 spiro atoms. The van der Waals surface area contributed by atoms with Gasteiger partial charge in [0.2, 0.25) is 0 Å². The SMILES string of the molecule is CC(=O)c1cccc(Nc2cc(C)nc3ncnn23)c1. The molecule has 0 aliphatic heterocycles. The number of hydrogen-bond donors (Lipinski definition) is 1. The van der Waals surface area contributed by atoms with E-state index in [0.717, 1.165) is 17.2 Å². The van der Waals surface area contributed by atoms with Crippen LogP contribution in [-0.4, -0.2) is 25.4 Å². The van der Waals surface area contributed by atoms with Crippen LogP contribution >= 0.6 is 0 Å². The summed E-state index contributed by atoms with van der Waals surface area (Å²) in [5.74, 6) is 1.33. The van der Waals surface area contributed by atoms with Crippen molar-refractivity contribution in [2.75, 3.05) is 5.32 Å². The summed E-state index contributed by atoms with van der Waals surface area (Å²) in [6, 6.07) is 9.20. The van der Waals surface area contributed by atoms with Gasteiger partial charge in [0.15, 0.2) is 5.78 Å². The predicted molar refractivity (Wildman–Crippen MR) is 75.2 cm³/mol. The smallest absolute Gasteiger partial charge is 0.254 e. The molecule has 100 valence electrons. The van der Waals surface area contributed by atoms with Crippen molar-refractivity contribution in [2.45, 2.75) is 13.8 Å². The first-order valence-corrected chi connectivity index (χ1v) is 6.19. The summed E-state index contributed by atoms with van der Waals surface area (Å²) in [6.45, 7) is 3.44. The van der Waals surface area contributed by atoms with Crippen molar-refractivity contribution in [1.82, 2.24) is 19.6 Å². The summed E-state index contributed by atoms with van der Waals surface area (Å²) in [7, 11) is 0. The molecular formula is C14H13N5O. The van der Waals surface area contributed by atoms with Crippen LogP contribution < -0.4 is 5.32 Å². The van der Waals surface area contributed by atoms with Crippen LogP contribution in [0.4, 0.5) is 11.5 Å². The number of carbonyl (C=O) groups excluding carboxylic acids is 1. The number of anilines is 2. The van der Waals surface area contributed by atoms with Gasteiger partial charge in [-0.1, -0.05) is 12.1 Å². The van der Waals surface area contributed by atoms with Gasteiger partial charge in [-0.05, 0) is 26.0 Å². The van der Waals surface area contributed by atoms with E-state index in [1.165, 1.54) is 6.33 Å². The number of benzene rings is 1. The zero-order valence-corrected chi connectivity index (χ0v) is 11.2. The molecule has 0 fully saturated rings. The lowest BCUT2D eigenvalue weighted by atomic mass is 10.1. The van der Waals surface area contributed by atoms with Crippen molar-refractivity contribution in [2.24, 2.45) is 0 Å². The Labute approximate surface area is 115 Å². The number of aromatic nitrogens is 4. The van der Waals surface area contributed by atoms with E-state index in [-0.39, 0.29) is 5.78 Å². The van der Waals surface area contributed by atoms with Gasteiger partial charge in [-0.2, -0.15) is 14.6 Å².